The number of hydrogen-bond acceptors (Lipinski definition) is 9. The van der Waals surface area contributed by atoms with E-state index < -0.39 is 35.5 Å². The number of carbonyl (C=O) groups excluding carboxylic acids is 4. The molecule has 3 amide bonds. The van der Waals surface area contributed by atoms with Gasteiger partial charge in [0.05, 0.1) is 6.61 Å². The molecule has 2 aromatic heterocycles. The van der Waals surface area contributed by atoms with Crippen molar-refractivity contribution < 1.29 is 28.7 Å². The van der Waals surface area contributed by atoms with Gasteiger partial charge in [-0.05, 0) is 41.0 Å². The number of ether oxygens (including phenoxy) is 2. The molecule has 0 bridgehead atoms. The van der Waals surface area contributed by atoms with Crippen molar-refractivity contribution in [2.24, 2.45) is 0 Å². The van der Waals surface area contributed by atoms with Crippen molar-refractivity contribution in [3.05, 3.63) is 64.2 Å². The highest BCUT2D eigenvalue weighted by Crippen LogP contribution is 2.18. The Kier molecular flexibility index (Phi) is 10.4. The lowest BCUT2D eigenvalue weighted by Crippen LogP contribution is -2.56. The van der Waals surface area contributed by atoms with Crippen molar-refractivity contribution >= 4 is 23.9 Å². The van der Waals surface area contributed by atoms with Gasteiger partial charge in [0, 0.05) is 56.0 Å². The lowest BCUT2D eigenvalue weighted by molar-refractivity contribution is -0.155. The molecule has 2 N–H and O–H groups in total. The van der Waals surface area contributed by atoms with Crippen LogP contribution in [0.15, 0.2) is 47.3 Å². The van der Waals surface area contributed by atoms with Crippen molar-refractivity contribution in [2.75, 3.05) is 32.8 Å². The predicted octanol–water partition coefficient (Wildman–Crippen LogP) is 2.45. The Labute approximate surface area is 260 Å². The Morgan fingerprint density at radius 3 is 2.27 bits per heavy atom. The van der Waals surface area contributed by atoms with E-state index in [1.54, 1.807) is 58.9 Å². The second-order valence-electron chi connectivity index (χ2n) is 11.6. The minimum absolute atomic E-state index is 0.0314. The molecule has 1 atom stereocenters. The van der Waals surface area contributed by atoms with Gasteiger partial charge in [0.25, 0.3) is 11.5 Å². The number of rotatable bonds is 9. The first kappa shape index (κ1) is 32.9. The molecule has 4 rings (SSSR count). The van der Waals surface area contributed by atoms with Crippen molar-refractivity contribution in [2.45, 2.75) is 59.1 Å². The van der Waals surface area contributed by atoms with E-state index in [1.807, 2.05) is 6.07 Å². The van der Waals surface area contributed by atoms with Gasteiger partial charge in [-0.1, -0.05) is 30.3 Å². The molecule has 1 saturated heterocycles. The lowest BCUT2D eigenvalue weighted by atomic mass is 10.1. The van der Waals surface area contributed by atoms with Crippen LogP contribution in [0.1, 0.15) is 56.7 Å². The molecule has 3 heterocycles. The quantitative estimate of drug-likeness (QED) is 0.341. The van der Waals surface area contributed by atoms with E-state index in [9.17, 15) is 24.0 Å². The SMILES string of the molecule is CCOC(=O)N1CCN(C(=O)[C@H](CCC(=O)OC(C)(C)C)NC(=O)c2cc(-n3[nH]c(C)cc3=O)nc(-c3ccccc3)n2)CC1. The maximum absolute atomic E-state index is 13.7. The summed E-state index contributed by atoms with van der Waals surface area (Å²) in [6, 6.07) is 10.6. The predicted molar refractivity (Wildman–Crippen MR) is 164 cm³/mol. The van der Waals surface area contributed by atoms with Gasteiger partial charge in [-0.3, -0.25) is 24.3 Å². The van der Waals surface area contributed by atoms with Crippen LogP contribution in [0.25, 0.3) is 17.2 Å². The summed E-state index contributed by atoms with van der Waals surface area (Å²) < 4.78 is 11.7. The minimum Gasteiger partial charge on any atom is -0.460 e. The van der Waals surface area contributed by atoms with Gasteiger partial charge in [0.1, 0.15) is 17.3 Å². The van der Waals surface area contributed by atoms with Crippen LogP contribution in [0.5, 0.6) is 0 Å². The van der Waals surface area contributed by atoms with E-state index >= 15 is 0 Å². The minimum atomic E-state index is -1.10. The zero-order valence-electron chi connectivity index (χ0n) is 26.2. The van der Waals surface area contributed by atoms with E-state index in [0.717, 1.165) is 0 Å². The molecule has 0 radical (unpaired) electrons. The summed E-state index contributed by atoms with van der Waals surface area (Å²) in [5.41, 5.74) is 0.0375. The number of piperazine rings is 1. The maximum Gasteiger partial charge on any atom is 0.409 e. The fourth-order valence-electron chi connectivity index (χ4n) is 4.75. The molecule has 1 aliphatic heterocycles. The highest BCUT2D eigenvalue weighted by molar-refractivity contribution is 5.97. The van der Waals surface area contributed by atoms with Crippen LogP contribution in [0.4, 0.5) is 4.79 Å². The molecule has 1 aromatic carbocycles. The third-order valence-electron chi connectivity index (χ3n) is 6.83. The molecule has 45 heavy (non-hydrogen) atoms. The molecule has 0 unspecified atom stereocenters. The van der Waals surface area contributed by atoms with Crippen molar-refractivity contribution in [3.8, 4) is 17.2 Å². The normalized spacial score (nSPS) is 14.1. The maximum atomic E-state index is 13.7. The first-order valence-electron chi connectivity index (χ1n) is 14.8. The number of nitrogens with zero attached hydrogens (tertiary/aromatic N) is 5. The standard InChI is InChI=1S/C31H39N7O7/c1-6-44-30(43)37-16-14-36(15-17-37)29(42)22(12-13-26(40)45-31(3,4)5)33-28(41)23-19-24(38-25(39)18-20(2)35-38)34-27(32-23)21-10-8-7-9-11-21/h7-11,18-19,22,35H,6,12-17H2,1-5H3,(H,33,41)/t22-/m0/s1. The van der Waals surface area contributed by atoms with Crippen molar-refractivity contribution in [1.82, 2.24) is 34.9 Å². The molecule has 240 valence electrons. The Hall–Kier alpha value is -5.01. The number of aryl methyl sites for hydroxylation is 1. The third-order valence-corrected chi connectivity index (χ3v) is 6.83. The third kappa shape index (κ3) is 8.77. The first-order valence-corrected chi connectivity index (χ1v) is 14.8. The molecule has 14 heteroatoms. The summed E-state index contributed by atoms with van der Waals surface area (Å²) in [5.74, 6) is -1.29. The second kappa shape index (κ2) is 14.2. The number of esters is 1. The Balaban J connectivity index is 1.61. The van der Waals surface area contributed by atoms with Gasteiger partial charge in [-0.25, -0.2) is 19.4 Å². The molecule has 0 aliphatic carbocycles. The highest BCUT2D eigenvalue weighted by atomic mass is 16.6. The van der Waals surface area contributed by atoms with Crippen LogP contribution in [-0.4, -0.2) is 97.9 Å². The number of H-pyrrole nitrogens is 1. The number of nitrogens with one attached hydrogen (secondary N) is 2. The summed E-state index contributed by atoms with van der Waals surface area (Å²) in [6.45, 7) is 9.88. The van der Waals surface area contributed by atoms with Crippen LogP contribution in [-0.2, 0) is 19.1 Å². The van der Waals surface area contributed by atoms with Gasteiger partial charge in [-0.2, -0.15) is 0 Å². The number of aromatic nitrogens is 4. The smallest absolute Gasteiger partial charge is 0.409 e. The average Bonchev–Trinajstić information content (AvgIpc) is 3.35. The summed E-state index contributed by atoms with van der Waals surface area (Å²) in [4.78, 5) is 76.8. The fraction of sp³-hybridized carbons (Fsp3) is 0.452. The van der Waals surface area contributed by atoms with Gasteiger partial charge in [0.15, 0.2) is 11.6 Å². The largest absolute Gasteiger partial charge is 0.460 e. The van der Waals surface area contributed by atoms with E-state index in [2.05, 4.69) is 20.4 Å². The Morgan fingerprint density at radius 1 is 1.00 bits per heavy atom. The van der Waals surface area contributed by atoms with Gasteiger partial charge >= 0.3 is 12.1 Å². The van der Waals surface area contributed by atoms with Gasteiger partial charge in [-0.15, -0.1) is 0 Å². The second-order valence-corrected chi connectivity index (χ2v) is 11.6. The molecule has 0 saturated carbocycles. The summed E-state index contributed by atoms with van der Waals surface area (Å²) in [6.07, 6.45) is -0.612. The van der Waals surface area contributed by atoms with Gasteiger partial charge < -0.3 is 24.6 Å². The van der Waals surface area contributed by atoms with Gasteiger partial charge in [0.2, 0.25) is 5.91 Å². The average molecular weight is 622 g/mol. The van der Waals surface area contributed by atoms with Crippen molar-refractivity contribution in [3.63, 3.8) is 0 Å². The number of benzene rings is 1. The molecule has 3 aromatic rings. The number of amides is 3. The van der Waals surface area contributed by atoms with Crippen LogP contribution < -0.4 is 10.9 Å². The summed E-state index contributed by atoms with van der Waals surface area (Å²) in [7, 11) is 0. The van der Waals surface area contributed by atoms with E-state index in [0.29, 0.717) is 11.3 Å². The van der Waals surface area contributed by atoms with E-state index in [1.165, 1.54) is 26.6 Å². The van der Waals surface area contributed by atoms with Crippen LogP contribution in [0.3, 0.4) is 0 Å². The van der Waals surface area contributed by atoms with E-state index in [4.69, 9.17) is 9.47 Å². The molecule has 0 spiro atoms. The molecular formula is C31H39N7O7. The zero-order valence-corrected chi connectivity index (χ0v) is 26.2. The highest BCUT2D eigenvalue weighted by Gasteiger charge is 2.32. The number of aromatic amines is 1. The molecule has 1 fully saturated rings. The first-order chi connectivity index (χ1) is 21.3. The summed E-state index contributed by atoms with van der Waals surface area (Å²) in [5, 5.41) is 5.66. The van der Waals surface area contributed by atoms with Crippen LogP contribution >= 0.6 is 0 Å². The topological polar surface area (TPSA) is 169 Å². The Morgan fingerprint density at radius 2 is 1.67 bits per heavy atom. The van der Waals surface area contributed by atoms with Crippen LogP contribution in [0.2, 0.25) is 0 Å². The summed E-state index contributed by atoms with van der Waals surface area (Å²) >= 11 is 0. The zero-order chi connectivity index (χ0) is 32.7. The lowest BCUT2D eigenvalue weighted by Gasteiger charge is -2.36. The van der Waals surface area contributed by atoms with E-state index in [-0.39, 0.29) is 68.5 Å². The Bertz CT molecular complexity index is 1590. The number of carbonyl (C=O) groups is 4. The fourth-order valence-corrected chi connectivity index (χ4v) is 4.75. The van der Waals surface area contributed by atoms with Crippen LogP contribution in [0, 0.1) is 6.92 Å². The number of hydrogen-bond donors (Lipinski definition) is 2. The molecule has 14 nitrogen and oxygen atoms in total. The molecule has 1 aliphatic rings. The van der Waals surface area contributed by atoms with Crippen molar-refractivity contribution in [1.29, 1.82) is 0 Å². The molecular weight excluding hydrogens is 582 g/mol. The monoisotopic (exact) mass is 621 g/mol.